The average molecular weight is 769 g/mol. The highest BCUT2D eigenvalue weighted by Crippen LogP contribution is 2.45. The van der Waals surface area contributed by atoms with Gasteiger partial charge in [-0.05, 0) is 42.5 Å². The van der Waals surface area contributed by atoms with Crippen LogP contribution in [0.25, 0.3) is 11.1 Å². The highest BCUT2D eigenvalue weighted by molar-refractivity contribution is 6.37. The molecule has 280 valence electrons. The number of methoxy groups -OCH3 is 2. The van der Waals surface area contributed by atoms with Crippen molar-refractivity contribution in [3.05, 3.63) is 92.2 Å². The number of rotatable bonds is 12. The third kappa shape index (κ3) is 7.49. The summed E-state index contributed by atoms with van der Waals surface area (Å²) in [5.74, 6) is -1.59. The molecule has 3 aromatic carbocycles. The van der Waals surface area contributed by atoms with Crippen LogP contribution in [0.4, 0.5) is 10.1 Å². The van der Waals surface area contributed by atoms with E-state index in [1.807, 2.05) is 48.9 Å². The monoisotopic (exact) mass is 767 g/mol. The largest absolute Gasteiger partial charge is 0.496 e. The summed E-state index contributed by atoms with van der Waals surface area (Å²) in [6.45, 7) is 2.32. The minimum Gasteiger partial charge on any atom is -0.496 e. The maximum absolute atomic E-state index is 15.6. The summed E-state index contributed by atoms with van der Waals surface area (Å²) in [5.41, 5.74) is 5.43. The number of hydrogen-bond donors (Lipinski definition) is 3. The van der Waals surface area contributed by atoms with Crippen LogP contribution < -0.4 is 14.8 Å². The van der Waals surface area contributed by atoms with Crippen LogP contribution in [0.5, 0.6) is 11.5 Å². The van der Waals surface area contributed by atoms with Gasteiger partial charge < -0.3 is 34.3 Å². The predicted octanol–water partition coefficient (Wildman–Crippen LogP) is 5.71. The van der Waals surface area contributed by atoms with E-state index >= 15 is 4.39 Å². The number of nitrogens with one attached hydrogen (secondary N) is 1. The molecule has 1 amide bonds. The quantitative estimate of drug-likeness (QED) is 0.122. The van der Waals surface area contributed by atoms with Gasteiger partial charge in [-0.25, -0.2) is 14.2 Å². The Morgan fingerprint density at radius 1 is 1.09 bits per heavy atom. The number of halogens is 3. The van der Waals surface area contributed by atoms with Crippen LogP contribution in [0.3, 0.4) is 0 Å². The van der Waals surface area contributed by atoms with E-state index in [1.165, 1.54) is 13.2 Å². The van der Waals surface area contributed by atoms with Gasteiger partial charge in [0.1, 0.15) is 28.3 Å². The van der Waals surface area contributed by atoms with Crippen LogP contribution in [-0.2, 0) is 42.5 Å². The molecule has 2 heterocycles. The van der Waals surface area contributed by atoms with E-state index in [0.717, 1.165) is 53.7 Å². The van der Waals surface area contributed by atoms with E-state index in [9.17, 15) is 19.8 Å². The molecule has 12 nitrogen and oxygen atoms in total. The number of fused-ring (bicyclic) bond motifs is 2. The first-order valence-electron chi connectivity index (χ1n) is 17.1. The molecule has 0 saturated heterocycles. The van der Waals surface area contributed by atoms with Crippen LogP contribution in [0.2, 0.25) is 10.0 Å². The Labute approximate surface area is 316 Å². The van der Waals surface area contributed by atoms with Crippen molar-refractivity contribution >= 4 is 46.5 Å². The number of carbonyl (C=O) groups excluding carboxylic acids is 2. The Morgan fingerprint density at radius 2 is 1.85 bits per heavy atom. The number of aliphatic hydroxyl groups excluding tert-OH is 2. The maximum atomic E-state index is 15.6. The summed E-state index contributed by atoms with van der Waals surface area (Å²) in [7, 11) is 4.34. The molecule has 4 aromatic rings. The fraction of sp³-hybridized carbons (Fsp3) is 0.368. The van der Waals surface area contributed by atoms with Crippen LogP contribution >= 0.6 is 23.2 Å². The van der Waals surface area contributed by atoms with E-state index < -0.39 is 24.5 Å². The molecule has 3 N–H and O–H groups in total. The Hall–Kier alpha value is -4.53. The standard InChI is InChI=1S/C38H40Cl2FN5O7/c1-20(18-47)46-14-13-29-27(17-46)43-36(45(29)2)37(49)44-26-10-6-9-24(33(26)39)21-7-5-8-23-22(21)11-12-30(23)53-32-15-31(51-3)25(35(41)34(32)40)16-42-28(19-48)38(50)52-4/h5-10,15,20,30,47-48H,11-14,16-19H2,1-4H3,(H,44,49). The fourth-order valence-corrected chi connectivity index (χ4v) is 7.40. The molecular formula is C38H40Cl2FN5O7. The summed E-state index contributed by atoms with van der Waals surface area (Å²) in [4.78, 5) is 36.2. The van der Waals surface area contributed by atoms with Crippen LogP contribution in [0.15, 0.2) is 47.5 Å². The number of anilines is 1. The van der Waals surface area contributed by atoms with Gasteiger partial charge in [-0.3, -0.25) is 14.7 Å². The fourth-order valence-electron chi connectivity index (χ4n) is 6.91. The lowest BCUT2D eigenvalue weighted by molar-refractivity contribution is -0.133. The first-order valence-corrected chi connectivity index (χ1v) is 17.8. The van der Waals surface area contributed by atoms with Crippen molar-refractivity contribution in [2.75, 3.05) is 39.3 Å². The Morgan fingerprint density at radius 3 is 2.57 bits per heavy atom. The number of aliphatic hydroxyl groups is 2. The van der Waals surface area contributed by atoms with Gasteiger partial charge in [-0.1, -0.05) is 53.5 Å². The molecule has 1 aliphatic heterocycles. The van der Waals surface area contributed by atoms with E-state index in [4.69, 9.17) is 32.7 Å². The summed E-state index contributed by atoms with van der Waals surface area (Å²) in [6, 6.07) is 12.7. The number of carbonyl (C=O) groups is 2. The van der Waals surface area contributed by atoms with E-state index in [-0.39, 0.29) is 58.7 Å². The zero-order chi connectivity index (χ0) is 38.0. The number of amides is 1. The van der Waals surface area contributed by atoms with Gasteiger partial charge in [-0.2, -0.15) is 0 Å². The molecule has 0 spiro atoms. The lowest BCUT2D eigenvalue weighted by Gasteiger charge is -2.30. The molecule has 0 saturated carbocycles. The number of ether oxygens (including phenoxy) is 3. The Bertz CT molecular complexity index is 2090. The summed E-state index contributed by atoms with van der Waals surface area (Å²) >= 11 is 13.5. The molecule has 6 rings (SSSR count). The van der Waals surface area contributed by atoms with Gasteiger partial charge >= 0.3 is 5.97 Å². The zero-order valence-electron chi connectivity index (χ0n) is 29.7. The van der Waals surface area contributed by atoms with Crippen molar-refractivity contribution in [1.29, 1.82) is 0 Å². The molecule has 15 heteroatoms. The molecular weight excluding hydrogens is 728 g/mol. The minimum absolute atomic E-state index is 0.00426. The van der Waals surface area contributed by atoms with Gasteiger partial charge in [0.15, 0.2) is 11.6 Å². The predicted molar refractivity (Wildman–Crippen MR) is 199 cm³/mol. The maximum Gasteiger partial charge on any atom is 0.354 e. The van der Waals surface area contributed by atoms with Crippen LogP contribution in [-0.4, -0.2) is 82.3 Å². The number of imidazole rings is 1. The summed E-state index contributed by atoms with van der Waals surface area (Å²) in [6.07, 6.45) is 1.46. The third-order valence-corrected chi connectivity index (χ3v) is 10.6. The number of hydrogen-bond acceptors (Lipinski definition) is 10. The third-order valence-electron chi connectivity index (χ3n) is 9.85. The van der Waals surface area contributed by atoms with Gasteiger partial charge in [0.05, 0.1) is 55.9 Å². The van der Waals surface area contributed by atoms with Gasteiger partial charge in [-0.15, -0.1) is 0 Å². The van der Waals surface area contributed by atoms with Gasteiger partial charge in [0.25, 0.3) is 5.91 Å². The van der Waals surface area contributed by atoms with Crippen molar-refractivity contribution in [1.82, 2.24) is 14.5 Å². The molecule has 2 atom stereocenters. The van der Waals surface area contributed by atoms with Crippen LogP contribution in [0, 0.1) is 5.82 Å². The second kappa shape index (κ2) is 16.2. The first kappa shape index (κ1) is 38.2. The number of esters is 1. The molecule has 0 bridgehead atoms. The number of aromatic nitrogens is 2. The Balaban J connectivity index is 1.23. The molecule has 0 radical (unpaired) electrons. The lowest BCUT2D eigenvalue weighted by Crippen LogP contribution is -2.39. The van der Waals surface area contributed by atoms with Crippen molar-refractivity contribution in [3.63, 3.8) is 0 Å². The number of nitrogens with zero attached hydrogens (tertiary/aromatic N) is 4. The zero-order valence-corrected chi connectivity index (χ0v) is 31.2. The van der Waals surface area contributed by atoms with Crippen molar-refractivity contribution in [2.45, 2.75) is 51.4 Å². The minimum atomic E-state index is -0.833. The van der Waals surface area contributed by atoms with Gasteiger partial charge in [0.2, 0.25) is 0 Å². The van der Waals surface area contributed by atoms with Crippen molar-refractivity contribution in [2.24, 2.45) is 12.0 Å². The molecule has 2 unspecified atom stereocenters. The molecule has 2 aliphatic rings. The first-order chi connectivity index (χ1) is 25.5. The molecule has 53 heavy (non-hydrogen) atoms. The topological polar surface area (TPSA) is 148 Å². The lowest BCUT2D eigenvalue weighted by atomic mass is 9.96. The summed E-state index contributed by atoms with van der Waals surface area (Å²) < 4.78 is 33.8. The van der Waals surface area contributed by atoms with E-state index in [0.29, 0.717) is 30.1 Å². The van der Waals surface area contributed by atoms with E-state index in [2.05, 4.69) is 24.9 Å². The second-order valence-electron chi connectivity index (χ2n) is 12.9. The highest BCUT2D eigenvalue weighted by Gasteiger charge is 2.31. The normalized spacial score (nSPS) is 16.2. The summed E-state index contributed by atoms with van der Waals surface area (Å²) in [5, 5.41) is 22.1. The second-order valence-corrected chi connectivity index (χ2v) is 13.6. The number of aliphatic imine (C=N–C) groups is 1. The molecule has 0 fully saturated rings. The Kier molecular flexibility index (Phi) is 11.7. The molecule has 1 aromatic heterocycles. The van der Waals surface area contributed by atoms with Crippen molar-refractivity contribution < 1.29 is 38.4 Å². The van der Waals surface area contributed by atoms with Crippen LogP contribution in [0.1, 0.15) is 58.1 Å². The van der Waals surface area contributed by atoms with Crippen molar-refractivity contribution in [3.8, 4) is 22.6 Å². The highest BCUT2D eigenvalue weighted by atomic mass is 35.5. The van der Waals surface area contributed by atoms with E-state index in [1.54, 1.807) is 6.07 Å². The smallest absolute Gasteiger partial charge is 0.354 e. The van der Waals surface area contributed by atoms with Gasteiger partial charge in [0, 0.05) is 49.9 Å². The number of benzene rings is 3. The average Bonchev–Trinajstić information content (AvgIpc) is 3.74. The molecule has 1 aliphatic carbocycles. The SMILES string of the molecule is COC(=O)C(CO)=NCc1c(OC)cc(OC2CCc3c(-c4cccc(NC(=O)c5nc6c(n5C)CCN(C(C)CO)C6)c4Cl)cccc32)c(Cl)c1F.